The van der Waals surface area contributed by atoms with Gasteiger partial charge in [0, 0.05) is 31.1 Å². The summed E-state index contributed by atoms with van der Waals surface area (Å²) in [6, 6.07) is 3.74. The Hall–Kier alpha value is -3.15. The van der Waals surface area contributed by atoms with Crippen LogP contribution in [0.4, 0.5) is 11.8 Å². The van der Waals surface area contributed by atoms with Crippen molar-refractivity contribution in [2.45, 2.75) is 59.2 Å². The molecule has 1 fully saturated rings. The SMILES string of the molecule is CC(C)(O)O.CCC(CO)CCNc1nc(NCC2CC2)nc(C)c1-c1cc2cc(OC)nc(OC)c2o1. The van der Waals surface area contributed by atoms with Crippen LogP contribution in [0.15, 0.2) is 16.5 Å². The van der Waals surface area contributed by atoms with Gasteiger partial charge in [-0.3, -0.25) is 0 Å². The van der Waals surface area contributed by atoms with Crippen LogP contribution in [0.25, 0.3) is 22.3 Å². The molecule has 0 radical (unpaired) electrons. The Labute approximate surface area is 223 Å². The first-order chi connectivity index (χ1) is 18.1. The monoisotopic (exact) mass is 531 g/mol. The Bertz CT molecular complexity index is 1180. The summed E-state index contributed by atoms with van der Waals surface area (Å²) in [7, 11) is 3.12. The maximum atomic E-state index is 9.54. The van der Waals surface area contributed by atoms with Crippen molar-refractivity contribution >= 4 is 22.7 Å². The number of fused-ring (bicyclic) bond motifs is 1. The van der Waals surface area contributed by atoms with E-state index < -0.39 is 5.79 Å². The topological polar surface area (TPSA) is 155 Å². The van der Waals surface area contributed by atoms with Gasteiger partial charge in [-0.15, -0.1) is 0 Å². The normalized spacial score (nSPS) is 14.0. The van der Waals surface area contributed by atoms with Gasteiger partial charge in [-0.05, 0) is 57.9 Å². The van der Waals surface area contributed by atoms with Crippen LogP contribution in [-0.2, 0) is 0 Å². The van der Waals surface area contributed by atoms with Gasteiger partial charge in [-0.25, -0.2) is 4.98 Å². The van der Waals surface area contributed by atoms with Gasteiger partial charge in [0.1, 0.15) is 11.6 Å². The van der Waals surface area contributed by atoms with Gasteiger partial charge in [0.2, 0.25) is 11.8 Å². The van der Waals surface area contributed by atoms with Crippen LogP contribution in [-0.4, -0.2) is 70.0 Å². The van der Waals surface area contributed by atoms with Gasteiger partial charge in [0.25, 0.3) is 5.88 Å². The van der Waals surface area contributed by atoms with E-state index in [0.717, 1.165) is 36.0 Å². The Morgan fingerprint density at radius 1 is 1.11 bits per heavy atom. The van der Waals surface area contributed by atoms with Crippen molar-refractivity contribution in [3.63, 3.8) is 0 Å². The number of pyridine rings is 1. The highest BCUT2D eigenvalue weighted by atomic mass is 16.5. The quantitative estimate of drug-likeness (QED) is 0.216. The third-order valence-corrected chi connectivity index (χ3v) is 6.11. The number of aryl methyl sites for hydroxylation is 1. The predicted octanol–water partition coefficient (Wildman–Crippen LogP) is 3.96. The van der Waals surface area contributed by atoms with Crippen LogP contribution < -0.4 is 20.1 Å². The molecule has 0 saturated heterocycles. The van der Waals surface area contributed by atoms with Gasteiger partial charge >= 0.3 is 0 Å². The first-order valence-corrected chi connectivity index (χ1v) is 13.0. The number of rotatable bonds is 12. The lowest BCUT2D eigenvalue weighted by Crippen LogP contribution is -2.15. The molecular formula is C27H41N5O6. The molecule has 38 heavy (non-hydrogen) atoms. The fourth-order valence-corrected chi connectivity index (χ4v) is 3.81. The molecule has 1 aliphatic rings. The average molecular weight is 532 g/mol. The molecule has 1 aliphatic carbocycles. The van der Waals surface area contributed by atoms with Crippen LogP contribution in [0.3, 0.4) is 0 Å². The molecule has 0 aliphatic heterocycles. The Morgan fingerprint density at radius 2 is 1.82 bits per heavy atom. The van der Waals surface area contributed by atoms with Gasteiger partial charge in [-0.2, -0.15) is 9.97 Å². The van der Waals surface area contributed by atoms with E-state index >= 15 is 0 Å². The summed E-state index contributed by atoms with van der Waals surface area (Å²) in [5.74, 6) is 2.22. The molecule has 1 atom stereocenters. The number of aliphatic hydroxyl groups is 3. The fraction of sp³-hybridized carbons (Fsp3) is 0.593. The number of aliphatic hydroxyl groups excluding tert-OH is 1. The lowest BCUT2D eigenvalue weighted by molar-refractivity contribution is -0.127. The van der Waals surface area contributed by atoms with Crippen LogP contribution in [0.1, 0.15) is 52.1 Å². The number of furan rings is 1. The van der Waals surface area contributed by atoms with Crippen LogP contribution >= 0.6 is 0 Å². The highest BCUT2D eigenvalue weighted by Gasteiger charge is 2.23. The van der Waals surface area contributed by atoms with Crippen molar-refractivity contribution in [2.24, 2.45) is 11.8 Å². The summed E-state index contributed by atoms with van der Waals surface area (Å²) in [5.41, 5.74) is 2.14. The molecule has 3 heterocycles. The second-order valence-electron chi connectivity index (χ2n) is 10.1. The second kappa shape index (κ2) is 13.1. The minimum atomic E-state index is -1.50. The van der Waals surface area contributed by atoms with Crippen LogP contribution in [0, 0.1) is 18.8 Å². The predicted molar refractivity (Wildman–Crippen MR) is 147 cm³/mol. The van der Waals surface area contributed by atoms with E-state index in [1.54, 1.807) is 14.2 Å². The molecule has 11 nitrogen and oxygen atoms in total. The second-order valence-corrected chi connectivity index (χ2v) is 10.1. The smallest absolute Gasteiger partial charge is 0.261 e. The lowest BCUT2D eigenvalue weighted by Gasteiger charge is -2.16. The summed E-state index contributed by atoms with van der Waals surface area (Å²) >= 11 is 0. The van der Waals surface area contributed by atoms with Gasteiger partial charge in [0.15, 0.2) is 11.4 Å². The molecule has 11 heteroatoms. The summed E-state index contributed by atoms with van der Waals surface area (Å²) in [4.78, 5) is 13.8. The maximum Gasteiger partial charge on any atom is 0.261 e. The van der Waals surface area contributed by atoms with Crippen molar-refractivity contribution in [1.82, 2.24) is 15.0 Å². The van der Waals surface area contributed by atoms with Crippen molar-refractivity contribution in [3.05, 3.63) is 17.8 Å². The summed E-state index contributed by atoms with van der Waals surface area (Å²) < 4.78 is 16.9. The first-order valence-electron chi connectivity index (χ1n) is 13.0. The van der Waals surface area contributed by atoms with Crippen LogP contribution in [0.2, 0.25) is 0 Å². The highest BCUT2D eigenvalue weighted by molar-refractivity contribution is 5.89. The number of anilines is 2. The molecule has 210 valence electrons. The van der Waals surface area contributed by atoms with E-state index in [1.165, 1.54) is 26.7 Å². The van der Waals surface area contributed by atoms with E-state index in [0.29, 0.717) is 47.3 Å². The molecule has 1 unspecified atom stereocenters. The molecule has 3 aromatic heterocycles. The van der Waals surface area contributed by atoms with Gasteiger partial charge < -0.3 is 39.8 Å². The van der Waals surface area contributed by atoms with Crippen molar-refractivity contribution < 1.29 is 29.2 Å². The number of methoxy groups -OCH3 is 2. The Morgan fingerprint density at radius 3 is 2.39 bits per heavy atom. The number of hydrogen-bond donors (Lipinski definition) is 5. The van der Waals surface area contributed by atoms with E-state index in [4.69, 9.17) is 34.1 Å². The molecule has 3 aromatic rings. The minimum Gasteiger partial charge on any atom is -0.481 e. The van der Waals surface area contributed by atoms with Crippen molar-refractivity contribution in [2.75, 3.05) is 44.5 Å². The highest BCUT2D eigenvalue weighted by Crippen LogP contribution is 2.38. The largest absolute Gasteiger partial charge is 0.481 e. The van der Waals surface area contributed by atoms with Crippen LogP contribution in [0.5, 0.6) is 11.8 Å². The summed E-state index contributed by atoms with van der Waals surface area (Å²) in [5, 5.41) is 33.3. The Balaban J connectivity index is 0.000000732. The maximum absolute atomic E-state index is 9.54. The fourth-order valence-electron chi connectivity index (χ4n) is 3.81. The minimum absolute atomic E-state index is 0.181. The zero-order valence-corrected chi connectivity index (χ0v) is 23.2. The number of hydrogen-bond acceptors (Lipinski definition) is 11. The van der Waals surface area contributed by atoms with E-state index in [-0.39, 0.29) is 12.5 Å². The van der Waals surface area contributed by atoms with E-state index in [9.17, 15) is 5.11 Å². The average Bonchev–Trinajstić information content (AvgIpc) is 3.60. The zero-order valence-electron chi connectivity index (χ0n) is 23.2. The van der Waals surface area contributed by atoms with Crippen molar-refractivity contribution in [1.29, 1.82) is 0 Å². The summed E-state index contributed by atoms with van der Waals surface area (Å²) in [6.45, 7) is 8.39. The standard InChI is InChI=1S/C24H33N5O4.C3H8O2/c1-5-15(13-30)8-9-25-22-20(14(2)27-24(29-22)26-12-16-6-7-16)18-10-17-11-19(31-3)28-23(32-4)21(17)33-18;1-3(2,4)5/h10-11,15-16,30H,5-9,12-13H2,1-4H3,(H2,25,26,27,29);4-5H,1-2H3. The third-order valence-electron chi connectivity index (χ3n) is 6.11. The van der Waals surface area contributed by atoms with Gasteiger partial charge in [0.05, 0.1) is 25.5 Å². The number of aromatic nitrogens is 3. The molecule has 0 amide bonds. The Kier molecular flexibility index (Phi) is 10.1. The van der Waals surface area contributed by atoms with Crippen molar-refractivity contribution in [3.8, 4) is 23.1 Å². The molecular weight excluding hydrogens is 490 g/mol. The molecule has 1 saturated carbocycles. The molecule has 5 N–H and O–H groups in total. The number of nitrogens with zero attached hydrogens (tertiary/aromatic N) is 3. The van der Waals surface area contributed by atoms with E-state index in [1.807, 2.05) is 19.1 Å². The number of ether oxygens (including phenoxy) is 2. The number of nitrogens with one attached hydrogen (secondary N) is 2. The molecule has 4 rings (SSSR count). The summed E-state index contributed by atoms with van der Waals surface area (Å²) in [6.07, 6.45) is 4.29. The third kappa shape index (κ3) is 8.44. The molecule has 0 aromatic carbocycles. The van der Waals surface area contributed by atoms with Gasteiger partial charge in [-0.1, -0.05) is 13.3 Å². The lowest BCUT2D eigenvalue weighted by atomic mass is 10.0. The first kappa shape index (κ1) is 29.4. The zero-order chi connectivity index (χ0) is 27.9. The molecule has 0 bridgehead atoms. The molecule has 0 spiro atoms. The van der Waals surface area contributed by atoms with E-state index in [2.05, 4.69) is 22.5 Å².